The van der Waals surface area contributed by atoms with Gasteiger partial charge in [0.05, 0.1) is 17.3 Å². The minimum Gasteiger partial charge on any atom is -0.497 e. The number of hydrogen-bond acceptors (Lipinski definition) is 4. The zero-order chi connectivity index (χ0) is 17.6. The Hall–Kier alpha value is -1.82. The highest BCUT2D eigenvalue weighted by Crippen LogP contribution is 2.49. The Labute approximate surface area is 158 Å². The molecule has 1 N–H and O–H groups in total. The van der Waals surface area contributed by atoms with Crippen molar-refractivity contribution in [3.8, 4) is 5.75 Å². The summed E-state index contributed by atoms with van der Waals surface area (Å²) in [7, 11) is 1.63. The number of carbonyl (C=O) groups excluding carboxylic acids is 1. The van der Waals surface area contributed by atoms with Gasteiger partial charge in [-0.15, -0.1) is 0 Å². The average Bonchev–Trinajstić information content (AvgIpc) is 3.28. The highest BCUT2D eigenvalue weighted by molar-refractivity contribution is 7.22. The van der Waals surface area contributed by atoms with E-state index < -0.39 is 0 Å². The fourth-order valence-electron chi connectivity index (χ4n) is 2.93. The summed E-state index contributed by atoms with van der Waals surface area (Å²) in [5.74, 6) is 0.836. The van der Waals surface area contributed by atoms with Gasteiger partial charge in [0.1, 0.15) is 5.75 Å². The number of nitrogens with zero attached hydrogens (tertiary/aromatic N) is 1. The van der Waals surface area contributed by atoms with E-state index in [1.54, 1.807) is 13.2 Å². The molecule has 4 rings (SSSR count). The van der Waals surface area contributed by atoms with Crippen molar-refractivity contribution in [2.75, 3.05) is 12.4 Å². The number of rotatable bonds is 4. The summed E-state index contributed by atoms with van der Waals surface area (Å²) < 4.78 is 6.19. The van der Waals surface area contributed by atoms with Crippen molar-refractivity contribution in [3.63, 3.8) is 0 Å². The minimum absolute atomic E-state index is 0.0212. The van der Waals surface area contributed by atoms with E-state index in [1.165, 1.54) is 11.3 Å². The molecule has 2 atom stereocenters. The number of thiazole rings is 1. The lowest BCUT2D eigenvalue weighted by Crippen LogP contribution is -2.14. The lowest BCUT2D eigenvalue weighted by molar-refractivity contribution is -0.117. The molecule has 1 saturated carbocycles. The Kier molecular flexibility index (Phi) is 4.31. The zero-order valence-corrected chi connectivity index (χ0v) is 15.6. The second-order valence-electron chi connectivity index (χ2n) is 5.99. The molecule has 1 aromatic heterocycles. The van der Waals surface area contributed by atoms with Gasteiger partial charge in [-0.3, -0.25) is 4.79 Å². The third-order valence-electron chi connectivity index (χ3n) is 4.27. The fraction of sp³-hybridized carbons (Fsp3) is 0.222. The normalized spacial score (nSPS) is 19.0. The quantitative estimate of drug-likeness (QED) is 0.650. The predicted octanol–water partition coefficient (Wildman–Crippen LogP) is 5.35. The van der Waals surface area contributed by atoms with Gasteiger partial charge in [-0.05, 0) is 54.3 Å². The van der Waals surface area contributed by atoms with Crippen LogP contribution in [0.5, 0.6) is 5.75 Å². The Morgan fingerprint density at radius 1 is 1.24 bits per heavy atom. The van der Waals surface area contributed by atoms with Gasteiger partial charge in [0, 0.05) is 16.0 Å². The van der Waals surface area contributed by atoms with Gasteiger partial charge >= 0.3 is 0 Å². The van der Waals surface area contributed by atoms with Gasteiger partial charge in [-0.2, -0.15) is 0 Å². The number of carbonyl (C=O) groups is 1. The first kappa shape index (κ1) is 16.6. The maximum absolute atomic E-state index is 12.5. The summed E-state index contributed by atoms with van der Waals surface area (Å²) in [6.45, 7) is 0. The molecule has 0 spiro atoms. The first-order chi connectivity index (χ1) is 12.0. The molecule has 4 nitrogen and oxygen atoms in total. The molecule has 1 aliphatic carbocycles. The molecular weight excluding hydrogens is 379 g/mol. The molecule has 25 heavy (non-hydrogen) atoms. The molecule has 0 radical (unpaired) electrons. The summed E-state index contributed by atoms with van der Waals surface area (Å²) in [6.07, 6.45) is 0.793. The van der Waals surface area contributed by atoms with Crippen LogP contribution in [0.3, 0.4) is 0 Å². The number of ether oxygens (including phenoxy) is 1. The summed E-state index contributed by atoms with van der Waals surface area (Å²) in [5, 5.41) is 4.70. The van der Waals surface area contributed by atoms with Crippen molar-refractivity contribution in [3.05, 3.63) is 52.0 Å². The van der Waals surface area contributed by atoms with E-state index in [0.29, 0.717) is 15.2 Å². The van der Waals surface area contributed by atoms with Crippen LogP contribution in [-0.4, -0.2) is 18.0 Å². The molecular formula is C18H14Cl2N2O2S. The Bertz CT molecular complexity index is 953. The standard InChI is InChI=1S/C18H14Cl2N2O2S/c1-24-12-2-3-15-16(7-12)25-18(21-15)22-17(23)14-8-13(14)9-4-10(19)6-11(20)5-9/h2-7,13-14H,8H2,1H3,(H,21,22,23)/t13-,14-/m1/s1. The van der Waals surface area contributed by atoms with Gasteiger partial charge < -0.3 is 10.1 Å². The number of halogens is 2. The molecule has 3 aromatic rings. The molecule has 2 aromatic carbocycles. The van der Waals surface area contributed by atoms with Crippen LogP contribution in [0.25, 0.3) is 10.2 Å². The van der Waals surface area contributed by atoms with Crippen LogP contribution in [0.1, 0.15) is 17.9 Å². The Balaban J connectivity index is 1.48. The highest BCUT2D eigenvalue weighted by Gasteiger charge is 2.44. The van der Waals surface area contributed by atoms with Gasteiger partial charge in [0.15, 0.2) is 5.13 Å². The predicted molar refractivity (Wildman–Crippen MR) is 102 cm³/mol. The van der Waals surface area contributed by atoms with E-state index in [-0.39, 0.29) is 17.7 Å². The number of methoxy groups -OCH3 is 1. The molecule has 1 fully saturated rings. The van der Waals surface area contributed by atoms with E-state index in [2.05, 4.69) is 10.3 Å². The molecule has 0 bridgehead atoms. The lowest BCUT2D eigenvalue weighted by atomic mass is 10.1. The van der Waals surface area contributed by atoms with E-state index in [9.17, 15) is 4.79 Å². The molecule has 1 amide bonds. The van der Waals surface area contributed by atoms with Crippen LogP contribution < -0.4 is 10.1 Å². The van der Waals surface area contributed by atoms with Crippen LogP contribution in [0.2, 0.25) is 10.0 Å². The molecule has 1 aliphatic rings. The third-order valence-corrected chi connectivity index (χ3v) is 5.64. The number of hydrogen-bond donors (Lipinski definition) is 1. The maximum Gasteiger partial charge on any atom is 0.229 e. The van der Waals surface area contributed by atoms with Crippen LogP contribution in [-0.2, 0) is 4.79 Å². The monoisotopic (exact) mass is 392 g/mol. The second kappa shape index (κ2) is 6.48. The number of amides is 1. The van der Waals surface area contributed by atoms with Crippen LogP contribution >= 0.6 is 34.5 Å². The Morgan fingerprint density at radius 2 is 2.00 bits per heavy atom. The Morgan fingerprint density at radius 3 is 2.72 bits per heavy atom. The van der Waals surface area contributed by atoms with E-state index in [1.807, 2.05) is 30.3 Å². The summed E-state index contributed by atoms with van der Waals surface area (Å²) in [6, 6.07) is 11.1. The van der Waals surface area contributed by atoms with Crippen molar-refractivity contribution in [2.45, 2.75) is 12.3 Å². The van der Waals surface area contributed by atoms with Crippen molar-refractivity contribution >= 4 is 55.8 Å². The van der Waals surface area contributed by atoms with Crippen molar-refractivity contribution in [1.29, 1.82) is 0 Å². The van der Waals surface area contributed by atoms with Gasteiger partial charge in [0.2, 0.25) is 5.91 Å². The average molecular weight is 393 g/mol. The van der Waals surface area contributed by atoms with E-state index in [4.69, 9.17) is 27.9 Å². The smallest absolute Gasteiger partial charge is 0.229 e. The first-order valence-corrected chi connectivity index (χ1v) is 9.32. The number of aromatic nitrogens is 1. The molecule has 0 unspecified atom stereocenters. The van der Waals surface area contributed by atoms with Crippen LogP contribution in [0.15, 0.2) is 36.4 Å². The molecule has 128 valence electrons. The van der Waals surface area contributed by atoms with Crippen molar-refractivity contribution in [2.24, 2.45) is 5.92 Å². The third kappa shape index (κ3) is 3.45. The summed E-state index contributed by atoms with van der Waals surface area (Å²) >= 11 is 13.5. The second-order valence-corrected chi connectivity index (χ2v) is 7.90. The number of anilines is 1. The van der Waals surface area contributed by atoms with Crippen LogP contribution in [0.4, 0.5) is 5.13 Å². The molecule has 0 aliphatic heterocycles. The van der Waals surface area contributed by atoms with Gasteiger partial charge in [-0.1, -0.05) is 34.5 Å². The number of nitrogens with one attached hydrogen (secondary N) is 1. The number of fused-ring (bicyclic) bond motifs is 1. The van der Waals surface area contributed by atoms with Crippen molar-refractivity contribution in [1.82, 2.24) is 4.98 Å². The van der Waals surface area contributed by atoms with Gasteiger partial charge in [0.25, 0.3) is 0 Å². The highest BCUT2D eigenvalue weighted by atomic mass is 35.5. The number of benzene rings is 2. The van der Waals surface area contributed by atoms with E-state index >= 15 is 0 Å². The molecule has 7 heteroatoms. The minimum atomic E-state index is -0.0731. The summed E-state index contributed by atoms with van der Waals surface area (Å²) in [4.78, 5) is 16.9. The van der Waals surface area contributed by atoms with Crippen molar-refractivity contribution < 1.29 is 9.53 Å². The SMILES string of the molecule is COc1ccc2nc(NC(=O)[C@@H]3C[C@@H]3c3cc(Cl)cc(Cl)c3)sc2c1. The maximum atomic E-state index is 12.5. The first-order valence-electron chi connectivity index (χ1n) is 7.75. The van der Waals surface area contributed by atoms with Crippen LogP contribution in [0, 0.1) is 5.92 Å². The topological polar surface area (TPSA) is 51.2 Å². The van der Waals surface area contributed by atoms with E-state index in [0.717, 1.165) is 28.0 Å². The fourth-order valence-corrected chi connectivity index (χ4v) is 4.37. The molecule has 1 heterocycles. The largest absolute Gasteiger partial charge is 0.497 e. The van der Waals surface area contributed by atoms with Gasteiger partial charge in [-0.25, -0.2) is 4.98 Å². The molecule has 0 saturated heterocycles. The zero-order valence-electron chi connectivity index (χ0n) is 13.3. The summed E-state index contributed by atoms with van der Waals surface area (Å²) in [5.41, 5.74) is 1.85. The lowest BCUT2D eigenvalue weighted by Gasteiger charge is -2.03.